The van der Waals surface area contributed by atoms with Crippen molar-refractivity contribution in [1.29, 1.82) is 0 Å². The van der Waals surface area contributed by atoms with Gasteiger partial charge in [0.1, 0.15) is 12.2 Å². The first kappa shape index (κ1) is 34.1. The highest BCUT2D eigenvalue weighted by Crippen LogP contribution is 2.33. The molecule has 2 atom stereocenters. The summed E-state index contributed by atoms with van der Waals surface area (Å²) in [5.74, 6) is 0.642. The SMILES string of the molecule is CCCCCCCCCC(OC(=O)OCCC)[N+]1(C)CCC=C(c2nsnc2OCCCCCC)C1.[I-]. The van der Waals surface area contributed by atoms with Crippen LogP contribution in [0.2, 0.25) is 0 Å². The maximum Gasteiger partial charge on any atom is 0.512 e. The number of rotatable bonds is 19. The van der Waals surface area contributed by atoms with Gasteiger partial charge in [-0.05, 0) is 19.3 Å². The van der Waals surface area contributed by atoms with E-state index in [0.717, 1.165) is 56.5 Å². The number of ether oxygens (including phenoxy) is 3. The third-order valence-electron chi connectivity index (χ3n) is 6.97. The van der Waals surface area contributed by atoms with Gasteiger partial charge in [-0.3, -0.25) is 4.48 Å². The summed E-state index contributed by atoms with van der Waals surface area (Å²) in [7, 11) is 2.19. The Morgan fingerprint density at radius 1 is 0.946 bits per heavy atom. The summed E-state index contributed by atoms with van der Waals surface area (Å²) in [5.41, 5.74) is 1.99. The molecule has 0 saturated heterocycles. The van der Waals surface area contributed by atoms with Crippen molar-refractivity contribution in [3.63, 3.8) is 0 Å². The van der Waals surface area contributed by atoms with Gasteiger partial charge in [0, 0.05) is 18.4 Å². The molecule has 0 fully saturated rings. The number of quaternary nitrogens is 1. The van der Waals surface area contributed by atoms with Gasteiger partial charge < -0.3 is 38.2 Å². The molecule has 214 valence electrons. The Morgan fingerprint density at radius 2 is 1.62 bits per heavy atom. The average molecular weight is 652 g/mol. The van der Waals surface area contributed by atoms with Crippen LogP contribution in [0.5, 0.6) is 5.88 Å². The maximum absolute atomic E-state index is 12.5. The van der Waals surface area contributed by atoms with Gasteiger partial charge in [0.2, 0.25) is 6.23 Å². The zero-order valence-electron chi connectivity index (χ0n) is 23.6. The summed E-state index contributed by atoms with van der Waals surface area (Å²) in [6, 6.07) is 0. The normalized spacial score (nSPS) is 18.0. The quantitative estimate of drug-likeness (QED) is 0.0930. The minimum absolute atomic E-state index is 0. The maximum atomic E-state index is 12.5. The molecule has 1 aromatic rings. The van der Waals surface area contributed by atoms with Crippen LogP contribution in [0.1, 0.15) is 116 Å². The van der Waals surface area contributed by atoms with Crippen LogP contribution in [-0.2, 0) is 9.47 Å². The van der Waals surface area contributed by atoms with Crippen LogP contribution in [0.15, 0.2) is 6.08 Å². The monoisotopic (exact) mass is 651 g/mol. The molecule has 1 aromatic heterocycles. The Kier molecular flexibility index (Phi) is 18.5. The lowest BCUT2D eigenvalue weighted by molar-refractivity contribution is -0.947. The summed E-state index contributed by atoms with van der Waals surface area (Å²) in [6.07, 6.45) is 17.3. The molecule has 2 heterocycles. The number of hydrogen-bond acceptors (Lipinski definition) is 7. The molecule has 7 nitrogen and oxygen atoms in total. The van der Waals surface area contributed by atoms with Crippen LogP contribution < -0.4 is 28.7 Å². The van der Waals surface area contributed by atoms with Gasteiger partial charge in [-0.15, -0.1) is 4.37 Å². The number of nitrogens with zero attached hydrogens (tertiary/aromatic N) is 3. The van der Waals surface area contributed by atoms with E-state index < -0.39 is 6.16 Å². The standard InChI is InChI=1S/C28H50N3O4S.HI/c1-5-8-10-12-13-14-15-19-25(35-28(32)34-21-7-3)31(4)20-17-18-24(23-31)26-27(30-36-29-26)33-22-16-11-9-6-2;/h18,25H,5-17,19-23H2,1-4H3;1H/q+1;/p-1. The fourth-order valence-corrected chi connectivity index (χ4v) is 5.29. The molecule has 1 aliphatic rings. The highest BCUT2D eigenvalue weighted by atomic mass is 127. The second-order valence-corrected chi connectivity index (χ2v) is 10.8. The van der Waals surface area contributed by atoms with Gasteiger partial charge in [-0.1, -0.05) is 84.6 Å². The zero-order chi connectivity index (χ0) is 26.1. The van der Waals surface area contributed by atoms with E-state index in [9.17, 15) is 4.79 Å². The molecular formula is C28H50IN3O4S. The molecule has 0 amide bonds. The molecule has 2 unspecified atom stereocenters. The van der Waals surface area contributed by atoms with Gasteiger partial charge in [-0.25, -0.2) is 4.79 Å². The van der Waals surface area contributed by atoms with Crippen molar-refractivity contribution in [3.8, 4) is 5.88 Å². The Balaban J connectivity index is 0.00000684. The molecule has 9 heteroatoms. The number of likely N-dealkylation sites (N-methyl/N-ethyl adjacent to an activating group) is 1. The van der Waals surface area contributed by atoms with Crippen molar-refractivity contribution in [3.05, 3.63) is 11.8 Å². The smallest absolute Gasteiger partial charge is 0.512 e. The molecule has 0 aliphatic carbocycles. The fourth-order valence-electron chi connectivity index (χ4n) is 4.76. The first-order valence-electron chi connectivity index (χ1n) is 14.4. The van der Waals surface area contributed by atoms with Crippen LogP contribution in [0.3, 0.4) is 0 Å². The molecule has 0 saturated carbocycles. The van der Waals surface area contributed by atoms with Crippen LogP contribution in [0, 0.1) is 0 Å². The van der Waals surface area contributed by atoms with Gasteiger partial charge in [0.05, 0.1) is 38.5 Å². The van der Waals surface area contributed by atoms with Crippen LogP contribution in [-0.4, -0.2) is 59.0 Å². The minimum Gasteiger partial charge on any atom is -1.00 e. The lowest BCUT2D eigenvalue weighted by Crippen LogP contribution is -3.00. The van der Waals surface area contributed by atoms with Gasteiger partial charge in [0.25, 0.3) is 5.88 Å². The molecular weight excluding hydrogens is 601 g/mol. The second-order valence-electron chi connectivity index (χ2n) is 10.3. The lowest BCUT2D eigenvalue weighted by Gasteiger charge is -2.42. The summed E-state index contributed by atoms with van der Waals surface area (Å²) in [4.78, 5) is 12.5. The van der Waals surface area contributed by atoms with Gasteiger partial charge >= 0.3 is 6.16 Å². The van der Waals surface area contributed by atoms with E-state index >= 15 is 0 Å². The zero-order valence-corrected chi connectivity index (χ0v) is 26.6. The third-order valence-corrected chi connectivity index (χ3v) is 7.48. The molecule has 0 N–H and O–H groups in total. The summed E-state index contributed by atoms with van der Waals surface area (Å²) in [5, 5.41) is 0. The molecule has 1 aliphatic heterocycles. The van der Waals surface area contributed by atoms with Crippen molar-refractivity contribution in [2.24, 2.45) is 0 Å². The van der Waals surface area contributed by atoms with Crippen molar-refractivity contribution >= 4 is 23.5 Å². The van der Waals surface area contributed by atoms with Crippen LogP contribution in [0.25, 0.3) is 5.57 Å². The highest BCUT2D eigenvalue weighted by Gasteiger charge is 2.39. The third kappa shape index (κ3) is 12.6. The fraction of sp³-hybridized carbons (Fsp3) is 0.821. The predicted octanol–water partition coefficient (Wildman–Crippen LogP) is 4.76. The van der Waals surface area contributed by atoms with E-state index in [1.165, 1.54) is 69.5 Å². The highest BCUT2D eigenvalue weighted by molar-refractivity contribution is 6.99. The van der Waals surface area contributed by atoms with Gasteiger partial charge in [-0.2, -0.15) is 4.37 Å². The second kappa shape index (κ2) is 20.0. The molecule has 0 radical (unpaired) electrons. The van der Waals surface area contributed by atoms with Crippen LogP contribution >= 0.6 is 11.7 Å². The summed E-state index contributed by atoms with van der Waals surface area (Å²) >= 11 is 1.20. The number of halogens is 1. The van der Waals surface area contributed by atoms with E-state index in [2.05, 4.69) is 35.7 Å². The average Bonchev–Trinajstić information content (AvgIpc) is 3.34. The number of carbonyl (C=O) groups is 1. The number of carbonyl (C=O) groups excluding carboxylic acids is 1. The number of aromatic nitrogens is 2. The Labute approximate surface area is 246 Å². The van der Waals surface area contributed by atoms with E-state index in [4.69, 9.17) is 14.2 Å². The minimum atomic E-state index is -0.549. The lowest BCUT2D eigenvalue weighted by atomic mass is 10.0. The molecule has 37 heavy (non-hydrogen) atoms. The Morgan fingerprint density at radius 3 is 2.32 bits per heavy atom. The van der Waals surface area contributed by atoms with E-state index in [1.54, 1.807) is 0 Å². The Bertz CT molecular complexity index is 776. The van der Waals surface area contributed by atoms with E-state index in [1.807, 2.05) is 6.92 Å². The Hall–Kier alpha value is -0.940. The summed E-state index contributed by atoms with van der Waals surface area (Å²) < 4.78 is 26.9. The molecule has 0 bridgehead atoms. The first-order valence-corrected chi connectivity index (χ1v) is 15.1. The largest absolute Gasteiger partial charge is 1.00 e. The van der Waals surface area contributed by atoms with E-state index in [-0.39, 0.29) is 30.2 Å². The number of hydrogen-bond donors (Lipinski definition) is 0. The molecule has 2 rings (SSSR count). The van der Waals surface area contributed by atoms with Crippen molar-refractivity contribution < 1.29 is 47.5 Å². The van der Waals surface area contributed by atoms with Crippen molar-refractivity contribution in [1.82, 2.24) is 8.75 Å². The first-order chi connectivity index (χ1) is 17.5. The molecule has 0 spiro atoms. The predicted molar refractivity (Wildman–Crippen MR) is 147 cm³/mol. The number of unbranched alkanes of at least 4 members (excludes halogenated alkanes) is 9. The van der Waals surface area contributed by atoms with E-state index in [0.29, 0.717) is 23.6 Å². The molecule has 0 aromatic carbocycles. The van der Waals surface area contributed by atoms with Crippen LogP contribution in [0.4, 0.5) is 4.79 Å². The van der Waals surface area contributed by atoms with Crippen molar-refractivity contribution in [2.75, 3.05) is 33.4 Å². The summed E-state index contributed by atoms with van der Waals surface area (Å²) in [6.45, 7) is 9.16. The van der Waals surface area contributed by atoms with Gasteiger partial charge in [0.15, 0.2) is 0 Å². The topological polar surface area (TPSA) is 70.5 Å². The van der Waals surface area contributed by atoms with Crippen molar-refractivity contribution in [2.45, 2.75) is 117 Å².